The van der Waals surface area contributed by atoms with Gasteiger partial charge in [-0.25, -0.2) is 8.78 Å². The number of carbonyl (C=O) groups excluding carboxylic acids is 3. The van der Waals surface area contributed by atoms with Crippen molar-refractivity contribution in [2.45, 2.75) is 0 Å². The molecule has 0 aromatic heterocycles. The Bertz CT molecular complexity index is 845. The van der Waals surface area contributed by atoms with Gasteiger partial charge in [0.15, 0.2) is 6.61 Å². The van der Waals surface area contributed by atoms with Gasteiger partial charge < -0.3 is 15.4 Å². The number of amides is 2. The highest BCUT2D eigenvalue weighted by Crippen LogP contribution is 2.19. The van der Waals surface area contributed by atoms with Gasteiger partial charge in [-0.15, -0.1) is 0 Å². The zero-order chi connectivity index (χ0) is 19.1. The fraction of sp³-hybridized carbons (Fsp3) is 0.118. The average Bonchev–Trinajstić information content (AvgIpc) is 2.61. The smallest absolute Gasteiger partial charge is 0.325 e. The molecule has 2 rings (SSSR count). The summed E-state index contributed by atoms with van der Waals surface area (Å²) in [6, 6.07) is 8.49. The fourth-order valence-electron chi connectivity index (χ4n) is 1.86. The molecular weight excluding hydrogens is 370 g/mol. The monoisotopic (exact) mass is 382 g/mol. The van der Waals surface area contributed by atoms with Crippen LogP contribution in [0.3, 0.4) is 0 Å². The van der Waals surface area contributed by atoms with Gasteiger partial charge in [0, 0.05) is 10.6 Å². The number of esters is 1. The maximum Gasteiger partial charge on any atom is 0.325 e. The molecule has 0 saturated heterocycles. The second-order valence-electron chi connectivity index (χ2n) is 5.03. The fourth-order valence-corrected chi connectivity index (χ4v) is 2.03. The molecule has 2 aromatic rings. The van der Waals surface area contributed by atoms with E-state index in [1.165, 1.54) is 30.3 Å². The third-order valence-electron chi connectivity index (χ3n) is 3.05. The molecule has 0 bridgehead atoms. The summed E-state index contributed by atoms with van der Waals surface area (Å²) in [4.78, 5) is 34.9. The molecule has 6 nitrogen and oxygen atoms in total. The van der Waals surface area contributed by atoms with Gasteiger partial charge in [-0.1, -0.05) is 17.7 Å². The first-order valence-electron chi connectivity index (χ1n) is 7.29. The van der Waals surface area contributed by atoms with E-state index in [0.717, 1.165) is 12.1 Å². The molecule has 0 spiro atoms. The van der Waals surface area contributed by atoms with Crippen molar-refractivity contribution in [2.75, 3.05) is 18.5 Å². The number of nitrogens with one attached hydrogen (secondary N) is 2. The Morgan fingerprint density at radius 1 is 1.08 bits per heavy atom. The number of carbonyl (C=O) groups is 3. The molecule has 0 radical (unpaired) electrons. The van der Waals surface area contributed by atoms with E-state index in [4.69, 9.17) is 11.6 Å². The number of halogens is 3. The SMILES string of the molecule is O=C(COC(=O)CNC(=O)c1cccc(F)c1)Nc1cc(Cl)ccc1F. The minimum Gasteiger partial charge on any atom is -0.454 e. The Labute approximate surface area is 152 Å². The zero-order valence-corrected chi connectivity index (χ0v) is 14.0. The lowest BCUT2D eigenvalue weighted by atomic mass is 10.2. The highest BCUT2D eigenvalue weighted by atomic mass is 35.5. The summed E-state index contributed by atoms with van der Waals surface area (Å²) >= 11 is 5.69. The first-order chi connectivity index (χ1) is 12.3. The van der Waals surface area contributed by atoms with Gasteiger partial charge in [-0.2, -0.15) is 0 Å². The maximum absolute atomic E-state index is 13.5. The molecule has 0 aliphatic heterocycles. The molecule has 9 heteroatoms. The van der Waals surface area contributed by atoms with Crippen LogP contribution in [0.4, 0.5) is 14.5 Å². The maximum atomic E-state index is 13.5. The molecule has 26 heavy (non-hydrogen) atoms. The summed E-state index contributed by atoms with van der Waals surface area (Å²) in [6.45, 7) is -1.20. The van der Waals surface area contributed by atoms with Crippen LogP contribution in [0.1, 0.15) is 10.4 Å². The van der Waals surface area contributed by atoms with Crippen LogP contribution in [-0.4, -0.2) is 30.9 Å². The van der Waals surface area contributed by atoms with Gasteiger partial charge in [0.2, 0.25) is 0 Å². The quantitative estimate of drug-likeness (QED) is 0.752. The lowest BCUT2D eigenvalue weighted by Crippen LogP contribution is -2.32. The lowest BCUT2D eigenvalue weighted by Gasteiger charge is -2.08. The Morgan fingerprint density at radius 3 is 2.58 bits per heavy atom. The summed E-state index contributed by atoms with van der Waals surface area (Å²) in [5, 5.41) is 4.65. The largest absolute Gasteiger partial charge is 0.454 e. The van der Waals surface area contributed by atoms with Crippen molar-refractivity contribution >= 4 is 35.1 Å². The minimum atomic E-state index is -0.892. The standard InChI is InChI=1S/C17H13ClF2N2O4/c18-11-4-5-13(20)14(7-11)22-15(23)9-26-16(24)8-21-17(25)10-2-1-3-12(19)6-10/h1-7H,8-9H2,(H,21,25)(H,22,23). The van der Waals surface area contributed by atoms with Gasteiger partial charge in [0.1, 0.15) is 18.2 Å². The molecule has 0 saturated carbocycles. The van der Waals surface area contributed by atoms with Crippen LogP contribution in [0.25, 0.3) is 0 Å². The average molecular weight is 383 g/mol. The van der Waals surface area contributed by atoms with Crippen LogP contribution in [0.5, 0.6) is 0 Å². The Hall–Kier alpha value is -3.00. The van der Waals surface area contributed by atoms with E-state index in [-0.39, 0.29) is 16.3 Å². The molecule has 0 heterocycles. The number of rotatable bonds is 6. The third kappa shape index (κ3) is 5.82. The number of ether oxygens (including phenoxy) is 1. The summed E-state index contributed by atoms with van der Waals surface area (Å²) < 4.78 is 31.2. The van der Waals surface area contributed by atoms with Crippen molar-refractivity contribution in [3.05, 3.63) is 64.7 Å². The number of hydrogen-bond acceptors (Lipinski definition) is 4. The lowest BCUT2D eigenvalue weighted by molar-refractivity contribution is -0.146. The van der Waals surface area contributed by atoms with Crippen molar-refractivity contribution in [1.29, 1.82) is 0 Å². The van der Waals surface area contributed by atoms with Gasteiger partial charge in [-0.3, -0.25) is 14.4 Å². The van der Waals surface area contributed by atoms with Gasteiger partial charge in [-0.05, 0) is 36.4 Å². The normalized spacial score (nSPS) is 10.1. The van der Waals surface area contributed by atoms with Crippen molar-refractivity contribution in [3.8, 4) is 0 Å². The van der Waals surface area contributed by atoms with E-state index in [1.807, 2.05) is 0 Å². The van der Waals surface area contributed by atoms with Crippen LogP contribution in [0.2, 0.25) is 5.02 Å². The van der Waals surface area contributed by atoms with E-state index in [1.54, 1.807) is 0 Å². The second-order valence-corrected chi connectivity index (χ2v) is 5.46. The van der Waals surface area contributed by atoms with E-state index in [0.29, 0.717) is 0 Å². The molecule has 0 aliphatic carbocycles. The predicted molar refractivity (Wildman–Crippen MR) is 89.7 cm³/mol. The third-order valence-corrected chi connectivity index (χ3v) is 3.28. The van der Waals surface area contributed by atoms with E-state index in [9.17, 15) is 23.2 Å². The predicted octanol–water partition coefficient (Wildman–Crippen LogP) is 2.53. The molecule has 2 aromatic carbocycles. The topological polar surface area (TPSA) is 84.5 Å². The molecule has 0 aliphatic rings. The summed E-state index contributed by atoms with van der Waals surface area (Å²) in [7, 11) is 0. The first-order valence-corrected chi connectivity index (χ1v) is 7.67. The second kappa shape index (κ2) is 8.91. The van der Waals surface area contributed by atoms with Crippen LogP contribution >= 0.6 is 11.6 Å². The zero-order valence-electron chi connectivity index (χ0n) is 13.2. The highest BCUT2D eigenvalue weighted by molar-refractivity contribution is 6.30. The van der Waals surface area contributed by atoms with E-state index >= 15 is 0 Å². The molecule has 136 valence electrons. The van der Waals surface area contributed by atoms with Crippen molar-refractivity contribution in [2.24, 2.45) is 0 Å². The molecule has 0 atom stereocenters. The molecular formula is C17H13ClF2N2O4. The molecule has 0 unspecified atom stereocenters. The number of anilines is 1. The van der Waals surface area contributed by atoms with E-state index in [2.05, 4.69) is 15.4 Å². The Morgan fingerprint density at radius 2 is 1.85 bits per heavy atom. The van der Waals surface area contributed by atoms with Gasteiger partial charge >= 0.3 is 5.97 Å². The highest BCUT2D eigenvalue weighted by Gasteiger charge is 2.12. The van der Waals surface area contributed by atoms with Crippen LogP contribution < -0.4 is 10.6 Å². The molecule has 0 fully saturated rings. The molecule has 2 amide bonds. The van der Waals surface area contributed by atoms with Crippen LogP contribution in [0, 0.1) is 11.6 Å². The Balaban J connectivity index is 1.77. The van der Waals surface area contributed by atoms with Gasteiger partial charge in [0.05, 0.1) is 5.69 Å². The summed E-state index contributed by atoms with van der Waals surface area (Å²) in [5.74, 6) is -3.64. The first kappa shape index (κ1) is 19.3. The summed E-state index contributed by atoms with van der Waals surface area (Å²) in [5.41, 5.74) is -0.120. The van der Waals surface area contributed by atoms with Crippen molar-refractivity contribution < 1.29 is 27.9 Å². The Kier molecular flexibility index (Phi) is 6.62. The number of benzene rings is 2. The molecule has 2 N–H and O–H groups in total. The van der Waals surface area contributed by atoms with Crippen LogP contribution in [-0.2, 0) is 14.3 Å². The van der Waals surface area contributed by atoms with Gasteiger partial charge in [0.25, 0.3) is 11.8 Å². The van der Waals surface area contributed by atoms with E-state index < -0.39 is 42.6 Å². The van der Waals surface area contributed by atoms with Crippen LogP contribution in [0.15, 0.2) is 42.5 Å². The van der Waals surface area contributed by atoms with Crippen molar-refractivity contribution in [3.63, 3.8) is 0 Å². The minimum absolute atomic E-state index is 0.0342. The number of hydrogen-bond donors (Lipinski definition) is 2. The summed E-state index contributed by atoms with van der Waals surface area (Å²) in [6.07, 6.45) is 0. The van der Waals surface area contributed by atoms with Crippen molar-refractivity contribution in [1.82, 2.24) is 5.32 Å².